The number of rotatable bonds is 1. The second-order valence-corrected chi connectivity index (χ2v) is 5.16. The fraction of sp³-hybridized carbons (Fsp3) is 0.636. The van der Waals surface area contributed by atoms with E-state index in [2.05, 4.69) is 29.3 Å². The van der Waals surface area contributed by atoms with Gasteiger partial charge in [0.05, 0.1) is 0 Å². The van der Waals surface area contributed by atoms with E-state index in [1.807, 2.05) is 7.05 Å². The van der Waals surface area contributed by atoms with Crippen LogP contribution in [0.2, 0.25) is 0 Å². The maximum atomic E-state index is 9.85. The molecule has 14 heavy (non-hydrogen) atoms. The molecule has 0 aromatic carbocycles. The monoisotopic (exact) mass is 211 g/mol. The summed E-state index contributed by atoms with van der Waals surface area (Å²) in [5.41, 5.74) is 0. The fourth-order valence-corrected chi connectivity index (χ4v) is 3.00. The van der Waals surface area contributed by atoms with Crippen molar-refractivity contribution in [2.24, 2.45) is 0 Å². The molecule has 1 aliphatic rings. The second-order valence-electron chi connectivity index (χ2n) is 4.18. The lowest BCUT2D eigenvalue weighted by Gasteiger charge is -2.38. The van der Waals surface area contributed by atoms with E-state index < -0.39 is 0 Å². The average molecular weight is 211 g/mol. The van der Waals surface area contributed by atoms with Crippen LogP contribution >= 0.6 is 11.3 Å². The molecule has 1 N–H and O–H groups in total. The van der Waals surface area contributed by atoms with Crippen LogP contribution in [0, 0.1) is 0 Å². The van der Waals surface area contributed by atoms with E-state index in [1.54, 1.807) is 11.3 Å². The SMILES string of the molecule is C[C@@H]1C[C@H](c2cccs2)C[C@H](O)N1C. The standard InChI is InChI=1S/C11H17NOS/c1-8-6-9(7-11(13)12(8)2)10-4-3-5-14-10/h3-5,8-9,11,13H,6-7H2,1-2H3/t8-,9+,11+/m1/s1. The van der Waals surface area contributed by atoms with Crippen molar-refractivity contribution < 1.29 is 5.11 Å². The Morgan fingerprint density at radius 2 is 2.29 bits per heavy atom. The van der Waals surface area contributed by atoms with Gasteiger partial charge in [-0.25, -0.2) is 0 Å². The van der Waals surface area contributed by atoms with Crippen LogP contribution in [0.5, 0.6) is 0 Å². The summed E-state index contributed by atoms with van der Waals surface area (Å²) in [6, 6.07) is 4.75. The molecule has 1 aromatic rings. The van der Waals surface area contributed by atoms with Crippen LogP contribution in [0.15, 0.2) is 17.5 Å². The van der Waals surface area contributed by atoms with Gasteiger partial charge in [0.25, 0.3) is 0 Å². The lowest BCUT2D eigenvalue weighted by molar-refractivity contribution is -0.0405. The molecule has 1 saturated heterocycles. The summed E-state index contributed by atoms with van der Waals surface area (Å²) >= 11 is 1.81. The molecule has 0 saturated carbocycles. The molecule has 1 aromatic heterocycles. The number of thiophene rings is 1. The molecule has 2 heterocycles. The van der Waals surface area contributed by atoms with E-state index in [0.29, 0.717) is 12.0 Å². The molecule has 1 aliphatic heterocycles. The Labute approximate surface area is 89.2 Å². The summed E-state index contributed by atoms with van der Waals surface area (Å²) in [5.74, 6) is 0.552. The number of piperidine rings is 1. The van der Waals surface area contributed by atoms with Crippen molar-refractivity contribution in [3.05, 3.63) is 22.4 Å². The Morgan fingerprint density at radius 1 is 1.50 bits per heavy atom. The molecule has 1 fully saturated rings. The summed E-state index contributed by atoms with van der Waals surface area (Å²) in [7, 11) is 2.00. The zero-order chi connectivity index (χ0) is 10.1. The Morgan fingerprint density at radius 3 is 2.86 bits per heavy atom. The van der Waals surface area contributed by atoms with Crippen molar-refractivity contribution in [1.29, 1.82) is 0 Å². The molecule has 0 amide bonds. The predicted molar refractivity (Wildman–Crippen MR) is 59.5 cm³/mol. The maximum Gasteiger partial charge on any atom is 0.107 e. The first-order valence-electron chi connectivity index (χ1n) is 5.12. The molecule has 0 spiro atoms. The minimum absolute atomic E-state index is 0.272. The van der Waals surface area contributed by atoms with Gasteiger partial charge in [-0.15, -0.1) is 11.3 Å². The second kappa shape index (κ2) is 4.01. The first-order chi connectivity index (χ1) is 6.68. The van der Waals surface area contributed by atoms with E-state index in [9.17, 15) is 5.11 Å². The Hall–Kier alpha value is -0.380. The topological polar surface area (TPSA) is 23.5 Å². The van der Waals surface area contributed by atoms with Crippen LogP contribution in [0.4, 0.5) is 0 Å². The van der Waals surface area contributed by atoms with Gasteiger partial charge in [-0.05, 0) is 44.2 Å². The van der Waals surface area contributed by atoms with Gasteiger partial charge in [-0.2, -0.15) is 0 Å². The molecule has 78 valence electrons. The van der Waals surface area contributed by atoms with Gasteiger partial charge >= 0.3 is 0 Å². The van der Waals surface area contributed by atoms with Crippen LogP contribution < -0.4 is 0 Å². The van der Waals surface area contributed by atoms with Crippen molar-refractivity contribution in [2.45, 2.75) is 38.0 Å². The molecule has 0 unspecified atom stereocenters. The number of hydrogen-bond donors (Lipinski definition) is 1. The highest BCUT2D eigenvalue weighted by molar-refractivity contribution is 7.10. The van der Waals surface area contributed by atoms with Crippen molar-refractivity contribution in [2.75, 3.05) is 7.05 Å². The fourth-order valence-electron chi connectivity index (χ4n) is 2.14. The van der Waals surface area contributed by atoms with Crippen LogP contribution in [0.25, 0.3) is 0 Å². The Balaban J connectivity index is 2.10. The van der Waals surface area contributed by atoms with E-state index in [0.717, 1.165) is 12.8 Å². The maximum absolute atomic E-state index is 9.85. The minimum atomic E-state index is -0.272. The highest BCUT2D eigenvalue weighted by Crippen LogP contribution is 2.35. The van der Waals surface area contributed by atoms with Gasteiger partial charge in [-0.1, -0.05) is 6.07 Å². The smallest absolute Gasteiger partial charge is 0.107 e. The zero-order valence-corrected chi connectivity index (χ0v) is 9.50. The highest BCUT2D eigenvalue weighted by atomic mass is 32.1. The Bertz CT molecular complexity index is 273. The first kappa shape index (κ1) is 10.1. The summed E-state index contributed by atoms with van der Waals surface area (Å²) in [4.78, 5) is 3.48. The van der Waals surface area contributed by atoms with Crippen molar-refractivity contribution in [3.63, 3.8) is 0 Å². The van der Waals surface area contributed by atoms with Gasteiger partial charge in [0, 0.05) is 10.9 Å². The third-order valence-corrected chi connectivity index (χ3v) is 4.27. The molecular formula is C11H17NOS. The van der Waals surface area contributed by atoms with Crippen LogP contribution in [0.1, 0.15) is 30.6 Å². The van der Waals surface area contributed by atoms with Gasteiger partial charge < -0.3 is 5.11 Å². The van der Waals surface area contributed by atoms with Crippen molar-refractivity contribution in [3.8, 4) is 0 Å². The summed E-state index contributed by atoms with van der Waals surface area (Å²) in [6.45, 7) is 2.18. The lowest BCUT2D eigenvalue weighted by atomic mass is 9.90. The van der Waals surface area contributed by atoms with Crippen molar-refractivity contribution >= 4 is 11.3 Å². The van der Waals surface area contributed by atoms with Gasteiger partial charge in [0.2, 0.25) is 0 Å². The molecular weight excluding hydrogens is 194 g/mol. The molecule has 0 aliphatic carbocycles. The van der Waals surface area contributed by atoms with Gasteiger partial charge in [0.1, 0.15) is 6.23 Å². The molecule has 2 rings (SSSR count). The lowest BCUT2D eigenvalue weighted by Crippen LogP contribution is -2.44. The largest absolute Gasteiger partial charge is 0.378 e. The Kier molecular flexibility index (Phi) is 2.91. The zero-order valence-electron chi connectivity index (χ0n) is 8.68. The quantitative estimate of drug-likeness (QED) is 0.770. The molecule has 0 bridgehead atoms. The highest BCUT2D eigenvalue weighted by Gasteiger charge is 2.30. The summed E-state index contributed by atoms with van der Waals surface area (Å²) in [6.07, 6.45) is 1.76. The van der Waals surface area contributed by atoms with E-state index >= 15 is 0 Å². The minimum Gasteiger partial charge on any atom is -0.378 e. The first-order valence-corrected chi connectivity index (χ1v) is 6.00. The van der Waals surface area contributed by atoms with E-state index in [1.165, 1.54) is 4.88 Å². The van der Waals surface area contributed by atoms with Crippen LogP contribution in [-0.4, -0.2) is 29.3 Å². The molecule has 3 heteroatoms. The van der Waals surface area contributed by atoms with Crippen LogP contribution in [0.3, 0.4) is 0 Å². The molecule has 0 radical (unpaired) electrons. The average Bonchev–Trinajstić information content (AvgIpc) is 2.66. The number of aliphatic hydroxyl groups excluding tert-OH is 1. The van der Waals surface area contributed by atoms with Crippen molar-refractivity contribution in [1.82, 2.24) is 4.90 Å². The third-order valence-electron chi connectivity index (χ3n) is 3.23. The number of nitrogens with zero attached hydrogens (tertiary/aromatic N) is 1. The summed E-state index contributed by atoms with van der Waals surface area (Å²) in [5, 5.41) is 12.0. The third kappa shape index (κ3) is 1.85. The van der Waals surface area contributed by atoms with Crippen LogP contribution in [-0.2, 0) is 0 Å². The molecule has 3 atom stereocenters. The van der Waals surface area contributed by atoms with E-state index in [4.69, 9.17) is 0 Å². The number of likely N-dealkylation sites (tertiary alicyclic amines) is 1. The van der Waals surface area contributed by atoms with Gasteiger partial charge in [0.15, 0.2) is 0 Å². The number of hydrogen-bond acceptors (Lipinski definition) is 3. The normalized spacial score (nSPS) is 34.6. The predicted octanol–water partition coefficient (Wildman–Crippen LogP) is 2.26. The summed E-state index contributed by atoms with van der Waals surface area (Å²) < 4.78 is 0. The molecule has 2 nitrogen and oxygen atoms in total. The number of aliphatic hydroxyl groups is 1. The van der Waals surface area contributed by atoms with E-state index in [-0.39, 0.29) is 6.23 Å². The van der Waals surface area contributed by atoms with Gasteiger partial charge in [-0.3, -0.25) is 4.90 Å².